The molecule has 0 unspecified atom stereocenters. The van der Waals surface area contributed by atoms with Gasteiger partial charge >= 0.3 is 17.9 Å². The molecular weight excluding hydrogens is 292 g/mol. The smallest absolute Gasteiger partial charge is 0.355 e. The van der Waals surface area contributed by atoms with Crippen molar-refractivity contribution in [2.75, 3.05) is 7.11 Å². The molecule has 1 N–H and O–H groups in total. The maximum absolute atomic E-state index is 11.9. The van der Waals surface area contributed by atoms with Gasteiger partial charge in [-0.3, -0.25) is 0 Å². The number of esters is 3. The van der Waals surface area contributed by atoms with Crippen LogP contribution in [0.5, 0.6) is 0 Å². The number of aliphatic hydroxyl groups excluding tert-OH is 1. The van der Waals surface area contributed by atoms with Gasteiger partial charge in [-0.05, 0) is 5.56 Å². The van der Waals surface area contributed by atoms with E-state index in [1.54, 1.807) is 30.3 Å². The van der Waals surface area contributed by atoms with Crippen molar-refractivity contribution in [3.05, 3.63) is 59.1 Å². The molecule has 0 amide bonds. The molecule has 7 heteroatoms. The van der Waals surface area contributed by atoms with Gasteiger partial charge in [0.15, 0.2) is 17.1 Å². The summed E-state index contributed by atoms with van der Waals surface area (Å²) in [5, 5.41) is 9.79. The number of cyclic esters (lactones) is 1. The standard InChI is InChI=1S/C15H12O7/c1-20-11(16)7-10-13(17)12(15(19)22-10)14(18)21-8-9-5-3-2-4-6-9/h2-7,17H,8H2,1H3/b10-7-. The zero-order valence-electron chi connectivity index (χ0n) is 11.6. The van der Waals surface area contributed by atoms with E-state index in [0.29, 0.717) is 5.56 Å². The number of rotatable bonds is 4. The summed E-state index contributed by atoms with van der Waals surface area (Å²) in [6.07, 6.45) is 0.755. The molecule has 0 fully saturated rings. The predicted molar refractivity (Wildman–Crippen MR) is 72.1 cm³/mol. The first-order valence-corrected chi connectivity index (χ1v) is 6.19. The molecule has 0 saturated carbocycles. The molecule has 0 bridgehead atoms. The normalized spacial score (nSPS) is 15.7. The number of aliphatic hydroxyl groups is 1. The second kappa shape index (κ2) is 6.57. The van der Waals surface area contributed by atoms with Gasteiger partial charge in [-0.25, -0.2) is 14.4 Å². The van der Waals surface area contributed by atoms with E-state index in [1.165, 1.54) is 0 Å². The van der Waals surface area contributed by atoms with Crippen LogP contribution in [0.1, 0.15) is 5.56 Å². The topological polar surface area (TPSA) is 99.1 Å². The van der Waals surface area contributed by atoms with Crippen molar-refractivity contribution in [2.45, 2.75) is 6.61 Å². The molecule has 1 aliphatic heterocycles. The molecule has 114 valence electrons. The molecule has 0 spiro atoms. The van der Waals surface area contributed by atoms with Crippen LogP contribution in [-0.4, -0.2) is 30.1 Å². The zero-order valence-corrected chi connectivity index (χ0v) is 11.6. The summed E-state index contributed by atoms with van der Waals surface area (Å²) < 4.78 is 13.9. The number of hydrogen-bond acceptors (Lipinski definition) is 7. The first-order chi connectivity index (χ1) is 10.5. The van der Waals surface area contributed by atoms with Crippen molar-refractivity contribution in [2.24, 2.45) is 0 Å². The van der Waals surface area contributed by atoms with Gasteiger partial charge in [0, 0.05) is 0 Å². The quantitative estimate of drug-likeness (QED) is 0.385. The lowest BCUT2D eigenvalue weighted by Gasteiger charge is -2.03. The van der Waals surface area contributed by atoms with Gasteiger partial charge in [-0.2, -0.15) is 0 Å². The fourth-order valence-electron chi connectivity index (χ4n) is 1.66. The largest absolute Gasteiger partial charge is 0.503 e. The van der Waals surface area contributed by atoms with Crippen molar-refractivity contribution in [1.82, 2.24) is 0 Å². The molecule has 2 rings (SSSR count). The van der Waals surface area contributed by atoms with E-state index in [1.807, 2.05) is 0 Å². The second-order valence-electron chi connectivity index (χ2n) is 4.21. The first-order valence-electron chi connectivity index (χ1n) is 6.19. The van der Waals surface area contributed by atoms with Crippen molar-refractivity contribution in [1.29, 1.82) is 0 Å². The van der Waals surface area contributed by atoms with Gasteiger partial charge in [-0.1, -0.05) is 30.3 Å². The van der Waals surface area contributed by atoms with Crippen LogP contribution in [0.15, 0.2) is 53.5 Å². The number of hydrogen-bond donors (Lipinski definition) is 1. The summed E-state index contributed by atoms with van der Waals surface area (Å²) in [4.78, 5) is 34.5. The summed E-state index contributed by atoms with van der Waals surface area (Å²) in [5.74, 6) is -4.18. The minimum atomic E-state index is -1.09. The molecule has 0 saturated heterocycles. The van der Waals surface area contributed by atoms with Crippen LogP contribution >= 0.6 is 0 Å². The Morgan fingerprint density at radius 2 is 1.95 bits per heavy atom. The molecule has 7 nitrogen and oxygen atoms in total. The Morgan fingerprint density at radius 3 is 2.59 bits per heavy atom. The van der Waals surface area contributed by atoms with Crippen molar-refractivity contribution < 1.29 is 33.7 Å². The average Bonchev–Trinajstić information content (AvgIpc) is 2.80. The van der Waals surface area contributed by atoms with Crippen molar-refractivity contribution >= 4 is 17.9 Å². The van der Waals surface area contributed by atoms with Gasteiger partial charge in [0.05, 0.1) is 13.2 Å². The predicted octanol–water partition coefficient (Wildman–Crippen LogP) is 1.16. The highest BCUT2D eigenvalue weighted by Gasteiger charge is 2.36. The second-order valence-corrected chi connectivity index (χ2v) is 4.21. The highest BCUT2D eigenvalue weighted by molar-refractivity contribution is 6.17. The molecule has 1 aliphatic rings. The van der Waals surface area contributed by atoms with Crippen LogP contribution in [0.3, 0.4) is 0 Å². The van der Waals surface area contributed by atoms with Crippen molar-refractivity contribution in [3.63, 3.8) is 0 Å². The van der Waals surface area contributed by atoms with Crippen LogP contribution in [0.4, 0.5) is 0 Å². The van der Waals surface area contributed by atoms with E-state index < -0.39 is 35.0 Å². The van der Waals surface area contributed by atoms with E-state index in [4.69, 9.17) is 4.74 Å². The van der Waals surface area contributed by atoms with Gasteiger partial charge in [-0.15, -0.1) is 0 Å². The summed E-state index contributed by atoms with van der Waals surface area (Å²) in [5.41, 5.74) is 0.0544. The van der Waals surface area contributed by atoms with Crippen LogP contribution in [0.25, 0.3) is 0 Å². The number of carbonyl (C=O) groups is 3. The lowest BCUT2D eigenvalue weighted by atomic mass is 10.2. The SMILES string of the molecule is COC(=O)/C=C1\OC(=O)C(C(=O)OCc2ccccc2)=C1O. The van der Waals surface area contributed by atoms with Gasteiger partial charge in [0.25, 0.3) is 0 Å². The summed E-state index contributed by atoms with van der Waals surface area (Å²) >= 11 is 0. The van der Waals surface area contributed by atoms with Gasteiger partial charge < -0.3 is 19.3 Å². The third-order valence-corrected chi connectivity index (χ3v) is 2.74. The highest BCUT2D eigenvalue weighted by atomic mass is 16.6. The fraction of sp³-hybridized carbons (Fsp3) is 0.133. The van der Waals surface area contributed by atoms with E-state index >= 15 is 0 Å². The number of methoxy groups -OCH3 is 1. The average molecular weight is 304 g/mol. The fourth-order valence-corrected chi connectivity index (χ4v) is 1.66. The van der Waals surface area contributed by atoms with Crippen LogP contribution < -0.4 is 0 Å². The summed E-state index contributed by atoms with van der Waals surface area (Å²) in [7, 11) is 1.12. The molecule has 0 atom stereocenters. The Kier molecular flexibility index (Phi) is 4.57. The van der Waals surface area contributed by atoms with Crippen LogP contribution in [0, 0.1) is 0 Å². The first kappa shape index (κ1) is 15.3. The maximum Gasteiger partial charge on any atom is 0.355 e. The Bertz CT molecular complexity index is 670. The summed E-state index contributed by atoms with van der Waals surface area (Å²) in [6.45, 7) is -0.0697. The minimum absolute atomic E-state index is 0.0697. The molecule has 1 aromatic carbocycles. The Labute approximate surface area is 125 Å². The van der Waals surface area contributed by atoms with Gasteiger partial charge in [0.1, 0.15) is 6.61 Å². The maximum atomic E-state index is 11.9. The van der Waals surface area contributed by atoms with Crippen LogP contribution in [-0.2, 0) is 35.2 Å². The summed E-state index contributed by atoms with van der Waals surface area (Å²) in [6, 6.07) is 8.80. The van der Waals surface area contributed by atoms with E-state index in [-0.39, 0.29) is 6.61 Å². The van der Waals surface area contributed by atoms with E-state index in [9.17, 15) is 19.5 Å². The molecule has 0 aliphatic carbocycles. The van der Waals surface area contributed by atoms with Crippen LogP contribution in [0.2, 0.25) is 0 Å². The molecule has 22 heavy (non-hydrogen) atoms. The third-order valence-electron chi connectivity index (χ3n) is 2.74. The Hall–Kier alpha value is -3.09. The van der Waals surface area contributed by atoms with E-state index in [2.05, 4.69) is 9.47 Å². The molecule has 0 aromatic heterocycles. The van der Waals surface area contributed by atoms with Crippen molar-refractivity contribution in [3.8, 4) is 0 Å². The molecule has 0 radical (unpaired) electrons. The Balaban J connectivity index is 2.12. The lowest BCUT2D eigenvalue weighted by molar-refractivity contribution is -0.144. The molecule has 1 heterocycles. The minimum Gasteiger partial charge on any atom is -0.503 e. The molecule has 1 aromatic rings. The molecular formula is C15H12O7. The number of ether oxygens (including phenoxy) is 3. The lowest BCUT2D eigenvalue weighted by Crippen LogP contribution is -2.14. The third kappa shape index (κ3) is 3.32. The van der Waals surface area contributed by atoms with E-state index in [0.717, 1.165) is 13.2 Å². The number of benzene rings is 1. The van der Waals surface area contributed by atoms with Gasteiger partial charge in [0.2, 0.25) is 0 Å². The highest BCUT2D eigenvalue weighted by Crippen LogP contribution is 2.25. The Morgan fingerprint density at radius 1 is 1.27 bits per heavy atom. The zero-order chi connectivity index (χ0) is 16.1. The number of carbonyl (C=O) groups excluding carboxylic acids is 3. The monoisotopic (exact) mass is 304 g/mol.